The van der Waals surface area contributed by atoms with Gasteiger partial charge in [0.15, 0.2) is 0 Å². The number of nitrogens with one attached hydrogen (secondary N) is 1. The molecule has 2 nitrogen and oxygen atoms in total. The van der Waals surface area contributed by atoms with E-state index in [1.54, 1.807) is 6.07 Å². The number of halogens is 1. The van der Waals surface area contributed by atoms with E-state index in [1.807, 2.05) is 6.07 Å². The third-order valence-electron chi connectivity index (χ3n) is 3.31. The Labute approximate surface area is 88.4 Å². The van der Waals surface area contributed by atoms with E-state index in [-0.39, 0.29) is 11.9 Å². The summed E-state index contributed by atoms with van der Waals surface area (Å²) in [6, 6.07) is 5.46. The Morgan fingerprint density at radius 3 is 3.00 bits per heavy atom. The van der Waals surface area contributed by atoms with Crippen molar-refractivity contribution in [3.05, 3.63) is 35.1 Å². The van der Waals surface area contributed by atoms with E-state index < -0.39 is 0 Å². The molecule has 3 rings (SSSR count). The highest BCUT2D eigenvalue weighted by atomic mass is 19.1. The van der Waals surface area contributed by atoms with Gasteiger partial charge in [-0.25, -0.2) is 4.39 Å². The molecule has 1 N–H and O–H groups in total. The topological polar surface area (TPSA) is 21.3 Å². The molecule has 0 amide bonds. The number of hydrogen-bond donors (Lipinski definition) is 1. The minimum absolute atomic E-state index is 0.128. The van der Waals surface area contributed by atoms with Gasteiger partial charge >= 0.3 is 0 Å². The lowest BCUT2D eigenvalue weighted by atomic mass is 9.89. The van der Waals surface area contributed by atoms with E-state index in [0.29, 0.717) is 12.6 Å². The molecule has 80 valence electrons. The normalized spacial score (nSPS) is 29.4. The zero-order valence-electron chi connectivity index (χ0n) is 8.50. The minimum atomic E-state index is -0.143. The van der Waals surface area contributed by atoms with Crippen LogP contribution in [0.4, 0.5) is 4.39 Å². The summed E-state index contributed by atoms with van der Waals surface area (Å²) in [6.07, 6.45) is 2.11. The van der Waals surface area contributed by atoms with Crippen LogP contribution in [0.2, 0.25) is 0 Å². The number of hydrogen-bond acceptors (Lipinski definition) is 2. The van der Waals surface area contributed by atoms with Crippen molar-refractivity contribution in [2.75, 3.05) is 13.2 Å². The van der Waals surface area contributed by atoms with Gasteiger partial charge in [0, 0.05) is 6.04 Å². The van der Waals surface area contributed by atoms with Gasteiger partial charge in [0.1, 0.15) is 5.82 Å². The Kier molecular flexibility index (Phi) is 2.22. The predicted octanol–water partition coefficient (Wildman–Crippen LogP) is 1.80. The van der Waals surface area contributed by atoms with Crippen LogP contribution < -0.4 is 5.32 Å². The van der Waals surface area contributed by atoms with Crippen LogP contribution in [0.25, 0.3) is 0 Å². The molecule has 2 heterocycles. The second kappa shape index (κ2) is 3.58. The Morgan fingerprint density at radius 2 is 2.27 bits per heavy atom. The Morgan fingerprint density at radius 1 is 1.40 bits per heavy atom. The van der Waals surface area contributed by atoms with Gasteiger partial charge < -0.3 is 10.1 Å². The first-order valence-electron chi connectivity index (χ1n) is 5.48. The molecule has 2 aliphatic rings. The smallest absolute Gasteiger partial charge is 0.123 e. The van der Waals surface area contributed by atoms with E-state index in [9.17, 15) is 4.39 Å². The quantitative estimate of drug-likeness (QED) is 0.758. The monoisotopic (exact) mass is 207 g/mol. The van der Waals surface area contributed by atoms with Crippen LogP contribution >= 0.6 is 0 Å². The van der Waals surface area contributed by atoms with E-state index in [0.717, 1.165) is 24.9 Å². The molecule has 1 saturated heterocycles. The molecule has 15 heavy (non-hydrogen) atoms. The largest absolute Gasteiger partial charge is 0.372 e. The van der Waals surface area contributed by atoms with Crippen LogP contribution in [-0.2, 0) is 11.2 Å². The molecular formula is C12H14FNO. The SMILES string of the molecule is Fc1ccc2c(c1)CCOC2C1CCN1. The number of rotatable bonds is 1. The molecule has 2 unspecified atom stereocenters. The highest BCUT2D eigenvalue weighted by Crippen LogP contribution is 2.33. The molecule has 0 bridgehead atoms. The molecule has 2 atom stereocenters. The molecule has 0 spiro atoms. The lowest BCUT2D eigenvalue weighted by Crippen LogP contribution is -2.48. The summed E-state index contributed by atoms with van der Waals surface area (Å²) in [7, 11) is 0. The highest BCUT2D eigenvalue weighted by Gasteiger charge is 2.32. The summed E-state index contributed by atoms with van der Waals surface area (Å²) in [6.45, 7) is 1.78. The Bertz CT molecular complexity index is 376. The van der Waals surface area contributed by atoms with E-state index in [1.165, 1.54) is 11.6 Å². The van der Waals surface area contributed by atoms with Crippen LogP contribution in [0.3, 0.4) is 0 Å². The molecule has 3 heteroatoms. The molecule has 0 aromatic heterocycles. The van der Waals surface area contributed by atoms with Crippen LogP contribution in [-0.4, -0.2) is 19.2 Å². The Hall–Kier alpha value is -0.930. The second-order valence-electron chi connectivity index (χ2n) is 4.23. The van der Waals surface area contributed by atoms with E-state index in [4.69, 9.17) is 4.74 Å². The maximum atomic E-state index is 13.1. The van der Waals surface area contributed by atoms with E-state index >= 15 is 0 Å². The van der Waals surface area contributed by atoms with Gasteiger partial charge in [-0.3, -0.25) is 0 Å². The molecule has 1 aromatic rings. The predicted molar refractivity (Wildman–Crippen MR) is 55.2 cm³/mol. The number of benzene rings is 1. The molecule has 0 radical (unpaired) electrons. The fraction of sp³-hybridized carbons (Fsp3) is 0.500. The van der Waals surface area contributed by atoms with Crippen molar-refractivity contribution in [1.82, 2.24) is 5.32 Å². The van der Waals surface area contributed by atoms with E-state index in [2.05, 4.69) is 5.32 Å². The first-order valence-corrected chi connectivity index (χ1v) is 5.48. The zero-order valence-corrected chi connectivity index (χ0v) is 8.50. The lowest BCUT2D eigenvalue weighted by Gasteiger charge is -2.38. The van der Waals surface area contributed by atoms with Crippen molar-refractivity contribution >= 4 is 0 Å². The van der Waals surface area contributed by atoms with Crippen molar-refractivity contribution in [1.29, 1.82) is 0 Å². The van der Waals surface area contributed by atoms with Crippen LogP contribution in [0.15, 0.2) is 18.2 Å². The molecule has 1 aromatic carbocycles. The van der Waals surface area contributed by atoms with Gasteiger partial charge in [-0.1, -0.05) is 6.07 Å². The van der Waals surface area contributed by atoms with Crippen molar-refractivity contribution in [2.24, 2.45) is 0 Å². The second-order valence-corrected chi connectivity index (χ2v) is 4.23. The van der Waals surface area contributed by atoms with Crippen LogP contribution in [0, 0.1) is 5.82 Å². The Balaban J connectivity index is 1.95. The molecule has 1 fully saturated rings. The van der Waals surface area contributed by atoms with Crippen molar-refractivity contribution in [3.8, 4) is 0 Å². The van der Waals surface area contributed by atoms with Crippen molar-refractivity contribution < 1.29 is 9.13 Å². The summed E-state index contributed by atoms with van der Waals surface area (Å²) in [5.74, 6) is -0.143. The highest BCUT2D eigenvalue weighted by molar-refractivity contribution is 5.33. The minimum Gasteiger partial charge on any atom is -0.372 e. The maximum absolute atomic E-state index is 13.1. The third kappa shape index (κ3) is 1.56. The average Bonchev–Trinajstić information content (AvgIpc) is 2.15. The maximum Gasteiger partial charge on any atom is 0.123 e. The molecule has 0 aliphatic carbocycles. The lowest BCUT2D eigenvalue weighted by molar-refractivity contribution is -0.00159. The molecular weight excluding hydrogens is 193 g/mol. The third-order valence-corrected chi connectivity index (χ3v) is 3.31. The van der Waals surface area contributed by atoms with Crippen molar-refractivity contribution in [2.45, 2.75) is 25.0 Å². The van der Waals surface area contributed by atoms with Gasteiger partial charge in [0.05, 0.1) is 12.7 Å². The fourth-order valence-electron chi connectivity index (χ4n) is 2.36. The number of fused-ring (bicyclic) bond motifs is 1. The fourth-order valence-corrected chi connectivity index (χ4v) is 2.36. The van der Waals surface area contributed by atoms with Crippen LogP contribution in [0.5, 0.6) is 0 Å². The van der Waals surface area contributed by atoms with Gasteiger partial charge in [-0.15, -0.1) is 0 Å². The van der Waals surface area contributed by atoms with Gasteiger partial charge in [0.2, 0.25) is 0 Å². The average molecular weight is 207 g/mol. The molecule has 2 aliphatic heterocycles. The summed E-state index contributed by atoms with van der Waals surface area (Å²) >= 11 is 0. The molecule has 0 saturated carbocycles. The summed E-state index contributed by atoms with van der Waals surface area (Å²) < 4.78 is 18.8. The van der Waals surface area contributed by atoms with Crippen molar-refractivity contribution in [3.63, 3.8) is 0 Å². The summed E-state index contributed by atoms with van der Waals surface area (Å²) in [5, 5.41) is 3.35. The van der Waals surface area contributed by atoms with Gasteiger partial charge in [-0.2, -0.15) is 0 Å². The first-order chi connectivity index (χ1) is 7.34. The summed E-state index contributed by atoms with van der Waals surface area (Å²) in [4.78, 5) is 0. The zero-order chi connectivity index (χ0) is 10.3. The van der Waals surface area contributed by atoms with Crippen LogP contribution in [0.1, 0.15) is 23.7 Å². The van der Waals surface area contributed by atoms with Gasteiger partial charge in [-0.05, 0) is 42.6 Å². The standard InChI is InChI=1S/C12H14FNO/c13-9-1-2-10-8(7-9)4-6-15-12(10)11-3-5-14-11/h1-2,7,11-12,14H,3-6H2. The van der Waals surface area contributed by atoms with Gasteiger partial charge in [0.25, 0.3) is 0 Å². The summed E-state index contributed by atoms with van der Waals surface area (Å²) in [5.41, 5.74) is 2.28. The number of ether oxygens (including phenoxy) is 1. The first kappa shape index (κ1) is 9.31.